The van der Waals surface area contributed by atoms with Gasteiger partial charge in [-0.25, -0.2) is 4.79 Å². The van der Waals surface area contributed by atoms with Gasteiger partial charge in [-0.05, 0) is 24.3 Å². The predicted octanol–water partition coefficient (Wildman–Crippen LogP) is 3.19. The molecule has 0 N–H and O–H groups in total. The number of halogens is 1. The monoisotopic (exact) mass is 361 g/mol. The number of ether oxygens (including phenoxy) is 1. The van der Waals surface area contributed by atoms with Gasteiger partial charge in [0.25, 0.3) is 5.89 Å². The Labute approximate surface area is 134 Å². The smallest absolute Gasteiger partial charge is 0.355 e. The highest BCUT2D eigenvalue weighted by atomic mass is 79.9. The molecule has 0 amide bonds. The summed E-state index contributed by atoms with van der Waals surface area (Å²) in [7, 11) is 1.77. The molecule has 0 aliphatic rings. The number of aryl methyl sites for hydroxylation is 1. The van der Waals surface area contributed by atoms with Crippen LogP contribution in [0.25, 0.3) is 11.4 Å². The molecule has 0 spiro atoms. The first-order valence-corrected chi connectivity index (χ1v) is 7.30. The largest absolute Gasteiger partial charge is 0.451 e. The van der Waals surface area contributed by atoms with Crippen molar-refractivity contribution in [3.05, 3.63) is 58.7 Å². The van der Waals surface area contributed by atoms with E-state index in [-0.39, 0.29) is 12.5 Å². The molecule has 0 atom stereocenters. The minimum absolute atomic E-state index is 0.0645. The van der Waals surface area contributed by atoms with Gasteiger partial charge in [0, 0.05) is 23.3 Å². The van der Waals surface area contributed by atoms with Crippen molar-refractivity contribution in [1.82, 2.24) is 14.7 Å². The molecule has 6 nitrogen and oxygen atoms in total. The Morgan fingerprint density at radius 1 is 1.36 bits per heavy atom. The average molecular weight is 362 g/mol. The van der Waals surface area contributed by atoms with Crippen LogP contribution in [0.4, 0.5) is 0 Å². The average Bonchev–Trinajstić information content (AvgIpc) is 3.14. The van der Waals surface area contributed by atoms with E-state index in [1.807, 2.05) is 24.3 Å². The molecule has 1 aromatic carbocycles. The van der Waals surface area contributed by atoms with Crippen molar-refractivity contribution in [3.8, 4) is 11.4 Å². The number of benzene rings is 1. The molecule has 0 unspecified atom stereocenters. The number of carbonyl (C=O) groups is 1. The van der Waals surface area contributed by atoms with Crippen LogP contribution in [-0.4, -0.2) is 20.7 Å². The van der Waals surface area contributed by atoms with Gasteiger partial charge >= 0.3 is 5.97 Å². The van der Waals surface area contributed by atoms with Crippen LogP contribution in [0.1, 0.15) is 16.4 Å². The van der Waals surface area contributed by atoms with Gasteiger partial charge in [0.1, 0.15) is 5.69 Å². The maximum absolute atomic E-state index is 11.9. The highest BCUT2D eigenvalue weighted by Gasteiger charge is 2.14. The van der Waals surface area contributed by atoms with Gasteiger partial charge < -0.3 is 13.8 Å². The van der Waals surface area contributed by atoms with Crippen LogP contribution in [0.15, 0.2) is 51.6 Å². The molecule has 0 fully saturated rings. The van der Waals surface area contributed by atoms with Crippen LogP contribution in [0.5, 0.6) is 0 Å². The second-order valence-electron chi connectivity index (χ2n) is 4.60. The van der Waals surface area contributed by atoms with E-state index in [0.717, 1.165) is 10.0 Å². The summed E-state index contributed by atoms with van der Waals surface area (Å²) in [5.74, 6) is 0.262. The number of hydrogen-bond donors (Lipinski definition) is 0. The lowest BCUT2D eigenvalue weighted by Crippen LogP contribution is -2.09. The van der Waals surface area contributed by atoms with Gasteiger partial charge in [-0.15, -0.1) is 0 Å². The molecule has 3 aromatic rings. The molecule has 0 radical (unpaired) electrons. The van der Waals surface area contributed by atoms with E-state index in [2.05, 4.69) is 26.1 Å². The Morgan fingerprint density at radius 2 is 2.23 bits per heavy atom. The molecule has 112 valence electrons. The van der Waals surface area contributed by atoms with Gasteiger partial charge in [-0.2, -0.15) is 4.98 Å². The molecular weight excluding hydrogens is 350 g/mol. The van der Waals surface area contributed by atoms with Crippen LogP contribution in [0, 0.1) is 0 Å². The standard InChI is InChI=1S/C15H12BrN3O3/c1-19-7-3-6-12(19)15(20)21-9-13-17-14(18-22-13)10-4-2-5-11(16)8-10/h2-8H,9H2,1H3. The number of nitrogens with zero attached hydrogens (tertiary/aromatic N) is 3. The van der Waals surface area contributed by atoms with Crippen molar-refractivity contribution in [2.24, 2.45) is 7.05 Å². The zero-order valence-corrected chi connectivity index (χ0v) is 13.3. The second-order valence-corrected chi connectivity index (χ2v) is 5.52. The molecule has 0 bridgehead atoms. The first-order valence-electron chi connectivity index (χ1n) is 6.50. The Hall–Kier alpha value is -2.41. The number of aromatic nitrogens is 3. The molecule has 22 heavy (non-hydrogen) atoms. The minimum Gasteiger partial charge on any atom is -0.451 e. The molecule has 0 saturated carbocycles. The second kappa shape index (κ2) is 6.15. The molecule has 2 aromatic heterocycles. The zero-order valence-electron chi connectivity index (χ0n) is 11.7. The molecule has 2 heterocycles. The van der Waals surface area contributed by atoms with Crippen LogP contribution in [-0.2, 0) is 18.4 Å². The number of hydrogen-bond acceptors (Lipinski definition) is 5. The molecular formula is C15H12BrN3O3. The highest BCUT2D eigenvalue weighted by molar-refractivity contribution is 9.10. The molecule has 0 aliphatic heterocycles. The van der Waals surface area contributed by atoms with E-state index in [1.54, 1.807) is 29.9 Å². The van der Waals surface area contributed by atoms with Gasteiger partial charge in [-0.3, -0.25) is 0 Å². The molecule has 0 saturated heterocycles. The minimum atomic E-state index is -0.435. The summed E-state index contributed by atoms with van der Waals surface area (Å²) in [5.41, 5.74) is 1.28. The van der Waals surface area contributed by atoms with Crippen molar-refractivity contribution in [2.75, 3.05) is 0 Å². The summed E-state index contributed by atoms with van der Waals surface area (Å²) in [4.78, 5) is 16.1. The van der Waals surface area contributed by atoms with Gasteiger partial charge in [0.05, 0.1) is 0 Å². The van der Waals surface area contributed by atoms with E-state index in [0.29, 0.717) is 11.5 Å². The zero-order chi connectivity index (χ0) is 15.5. The molecule has 7 heteroatoms. The normalized spacial score (nSPS) is 10.6. The SMILES string of the molecule is Cn1cccc1C(=O)OCc1nc(-c2cccc(Br)c2)no1. The molecule has 0 aliphatic carbocycles. The van der Waals surface area contributed by atoms with Crippen LogP contribution < -0.4 is 0 Å². The van der Waals surface area contributed by atoms with E-state index >= 15 is 0 Å². The fourth-order valence-electron chi connectivity index (χ4n) is 1.93. The van der Waals surface area contributed by atoms with E-state index < -0.39 is 5.97 Å². The van der Waals surface area contributed by atoms with Gasteiger partial charge in [0.15, 0.2) is 6.61 Å². The lowest BCUT2D eigenvalue weighted by molar-refractivity contribution is 0.0418. The Kier molecular flexibility index (Phi) is 4.06. The van der Waals surface area contributed by atoms with Crippen molar-refractivity contribution >= 4 is 21.9 Å². The van der Waals surface area contributed by atoms with Gasteiger partial charge in [0.2, 0.25) is 5.82 Å². The number of esters is 1. The first kappa shape index (κ1) is 14.5. The third kappa shape index (κ3) is 3.09. The number of rotatable bonds is 4. The predicted molar refractivity (Wildman–Crippen MR) is 82.0 cm³/mol. The summed E-state index contributed by atoms with van der Waals surface area (Å²) < 4.78 is 12.9. The summed E-state index contributed by atoms with van der Waals surface area (Å²) >= 11 is 3.39. The number of carbonyl (C=O) groups excluding carboxylic acids is 1. The maximum atomic E-state index is 11.9. The van der Waals surface area contributed by atoms with E-state index in [1.165, 1.54) is 0 Å². The van der Waals surface area contributed by atoms with Gasteiger partial charge in [-0.1, -0.05) is 33.2 Å². The summed E-state index contributed by atoms with van der Waals surface area (Å²) in [5, 5.41) is 3.88. The van der Waals surface area contributed by atoms with Crippen molar-refractivity contribution in [3.63, 3.8) is 0 Å². The Morgan fingerprint density at radius 3 is 2.95 bits per heavy atom. The summed E-state index contributed by atoms with van der Waals surface area (Å²) in [6.07, 6.45) is 1.77. The highest BCUT2D eigenvalue weighted by Crippen LogP contribution is 2.20. The quantitative estimate of drug-likeness (QED) is 0.667. The molecule has 3 rings (SSSR count). The maximum Gasteiger partial charge on any atom is 0.355 e. The first-order chi connectivity index (χ1) is 10.6. The van der Waals surface area contributed by atoms with E-state index in [9.17, 15) is 4.79 Å². The lowest BCUT2D eigenvalue weighted by Gasteiger charge is -2.02. The third-order valence-corrected chi connectivity index (χ3v) is 3.52. The fourth-order valence-corrected chi connectivity index (χ4v) is 2.33. The summed E-state index contributed by atoms with van der Waals surface area (Å²) in [6.45, 7) is -0.0645. The Bertz CT molecular complexity index is 810. The van der Waals surface area contributed by atoms with Crippen molar-refractivity contribution < 1.29 is 14.1 Å². The fraction of sp³-hybridized carbons (Fsp3) is 0.133. The van der Waals surface area contributed by atoms with Crippen LogP contribution >= 0.6 is 15.9 Å². The van der Waals surface area contributed by atoms with Crippen LogP contribution in [0.2, 0.25) is 0 Å². The summed E-state index contributed by atoms with van der Waals surface area (Å²) in [6, 6.07) is 11.0. The van der Waals surface area contributed by atoms with Crippen molar-refractivity contribution in [1.29, 1.82) is 0 Å². The van der Waals surface area contributed by atoms with Crippen LogP contribution in [0.3, 0.4) is 0 Å². The Balaban J connectivity index is 1.67. The van der Waals surface area contributed by atoms with E-state index in [4.69, 9.17) is 9.26 Å². The third-order valence-electron chi connectivity index (χ3n) is 3.03. The lowest BCUT2D eigenvalue weighted by atomic mass is 10.2. The van der Waals surface area contributed by atoms with Crippen molar-refractivity contribution in [2.45, 2.75) is 6.61 Å². The topological polar surface area (TPSA) is 70.2 Å².